The predicted octanol–water partition coefficient (Wildman–Crippen LogP) is 0.382. The van der Waals surface area contributed by atoms with Crippen molar-refractivity contribution in [2.24, 2.45) is 0 Å². The van der Waals surface area contributed by atoms with Crippen molar-refractivity contribution < 1.29 is 22.6 Å². The summed E-state index contributed by atoms with van der Waals surface area (Å²) in [4.78, 5) is 3.52. The molecule has 1 radical (unpaired) electrons. The zero-order valence-corrected chi connectivity index (χ0v) is 5.65. The highest BCUT2D eigenvalue weighted by Crippen LogP contribution is 2.14. The molecular weight excluding hydrogens is 176 g/mol. The maximum absolute atomic E-state index is 11.3. The molecule has 0 aliphatic heterocycles. The first-order valence-corrected chi connectivity index (χ1v) is 2.79. The molecule has 0 aliphatic rings. The van der Waals surface area contributed by atoms with Crippen molar-refractivity contribution >= 4 is 7.69 Å². The standard InChI is InChI=1S/C4H3BF3N2O2/c6-4(7,8)11-5-12-10-2-1-9-3-10/h1-3H. The quantitative estimate of drug-likeness (QED) is 0.629. The summed E-state index contributed by atoms with van der Waals surface area (Å²) in [5.41, 5.74) is 0. The Balaban J connectivity index is 2.20. The van der Waals surface area contributed by atoms with E-state index in [9.17, 15) is 13.2 Å². The van der Waals surface area contributed by atoms with Gasteiger partial charge in [0.25, 0.3) is 0 Å². The fourth-order valence-electron chi connectivity index (χ4n) is 0.435. The van der Waals surface area contributed by atoms with Crippen LogP contribution in [0.4, 0.5) is 13.2 Å². The Kier molecular flexibility index (Phi) is 2.59. The summed E-state index contributed by atoms with van der Waals surface area (Å²) in [5.74, 6) is 0. The smallest absolute Gasteiger partial charge is 0.445 e. The lowest BCUT2D eigenvalue weighted by Gasteiger charge is -2.06. The summed E-state index contributed by atoms with van der Waals surface area (Å²) < 4.78 is 42.4. The molecule has 0 aromatic carbocycles. The van der Waals surface area contributed by atoms with Crippen LogP contribution < -0.4 is 4.76 Å². The van der Waals surface area contributed by atoms with Crippen LogP contribution in [0.5, 0.6) is 0 Å². The lowest BCUT2D eigenvalue weighted by Crippen LogP contribution is -2.24. The van der Waals surface area contributed by atoms with E-state index in [2.05, 4.69) is 14.4 Å². The number of imidazole rings is 1. The Hall–Kier alpha value is -1.18. The molecule has 0 fully saturated rings. The van der Waals surface area contributed by atoms with Crippen LogP contribution in [0.15, 0.2) is 18.7 Å². The number of hydrogen-bond donors (Lipinski definition) is 0. The second-order valence-electron chi connectivity index (χ2n) is 1.69. The van der Waals surface area contributed by atoms with Gasteiger partial charge in [-0.3, -0.25) is 0 Å². The number of halogens is 3. The van der Waals surface area contributed by atoms with Crippen LogP contribution >= 0.6 is 0 Å². The highest BCUT2D eigenvalue weighted by molar-refractivity contribution is 6.18. The zero-order valence-electron chi connectivity index (χ0n) is 5.65. The molecule has 0 spiro atoms. The topological polar surface area (TPSA) is 36.3 Å². The Bertz CT molecular complexity index is 225. The molecule has 1 aromatic heterocycles. The summed E-state index contributed by atoms with van der Waals surface area (Å²) in [6.07, 6.45) is -0.880. The Morgan fingerprint density at radius 3 is 2.67 bits per heavy atom. The van der Waals surface area contributed by atoms with Gasteiger partial charge in [-0.05, 0) is 0 Å². The van der Waals surface area contributed by atoms with E-state index < -0.39 is 6.36 Å². The molecule has 0 bridgehead atoms. The first-order valence-electron chi connectivity index (χ1n) is 2.79. The van der Waals surface area contributed by atoms with Crippen molar-refractivity contribution in [1.29, 1.82) is 0 Å². The van der Waals surface area contributed by atoms with Gasteiger partial charge in [-0.15, -0.1) is 13.2 Å². The van der Waals surface area contributed by atoms with Gasteiger partial charge >= 0.3 is 14.0 Å². The van der Waals surface area contributed by atoms with Crippen LogP contribution in [0.25, 0.3) is 0 Å². The predicted molar refractivity (Wildman–Crippen MR) is 31.7 cm³/mol. The summed E-state index contributed by atoms with van der Waals surface area (Å²) in [6.45, 7) is 0. The third kappa shape index (κ3) is 3.29. The average Bonchev–Trinajstić information content (AvgIpc) is 2.36. The van der Waals surface area contributed by atoms with Gasteiger partial charge in [-0.25, -0.2) is 4.98 Å². The van der Waals surface area contributed by atoms with Gasteiger partial charge in [0.1, 0.15) is 6.33 Å². The third-order valence-corrected chi connectivity index (χ3v) is 0.827. The van der Waals surface area contributed by atoms with Crippen LogP contribution in [0, 0.1) is 0 Å². The summed E-state index contributed by atoms with van der Waals surface area (Å²) in [7, 11) is 0.168. The van der Waals surface area contributed by atoms with Gasteiger partial charge in [0.15, 0.2) is 0 Å². The van der Waals surface area contributed by atoms with E-state index in [0.29, 0.717) is 0 Å². The second kappa shape index (κ2) is 3.48. The lowest BCUT2D eigenvalue weighted by molar-refractivity contribution is -0.280. The first kappa shape index (κ1) is 8.92. The number of hydrogen-bond acceptors (Lipinski definition) is 3. The number of rotatable bonds is 3. The van der Waals surface area contributed by atoms with E-state index in [1.54, 1.807) is 0 Å². The fourth-order valence-corrected chi connectivity index (χ4v) is 0.435. The van der Waals surface area contributed by atoms with Crippen molar-refractivity contribution in [3.8, 4) is 0 Å². The molecule has 8 heteroatoms. The van der Waals surface area contributed by atoms with E-state index in [0.717, 1.165) is 4.73 Å². The van der Waals surface area contributed by atoms with Crippen molar-refractivity contribution in [1.82, 2.24) is 9.71 Å². The highest BCUT2D eigenvalue weighted by Gasteiger charge is 2.30. The molecule has 4 nitrogen and oxygen atoms in total. The molecule has 1 heterocycles. The summed E-state index contributed by atoms with van der Waals surface area (Å²) >= 11 is 0. The van der Waals surface area contributed by atoms with E-state index in [-0.39, 0.29) is 7.69 Å². The van der Waals surface area contributed by atoms with Gasteiger partial charge in [-0.2, -0.15) is 4.73 Å². The van der Waals surface area contributed by atoms with Gasteiger partial charge in [0.2, 0.25) is 0 Å². The van der Waals surface area contributed by atoms with Crippen LogP contribution in [-0.4, -0.2) is 23.8 Å². The van der Waals surface area contributed by atoms with E-state index in [4.69, 9.17) is 0 Å². The molecule has 1 aromatic rings. The van der Waals surface area contributed by atoms with E-state index in [1.165, 1.54) is 18.7 Å². The molecule has 0 saturated heterocycles. The molecule has 0 atom stereocenters. The van der Waals surface area contributed by atoms with Crippen LogP contribution in [0.2, 0.25) is 0 Å². The molecule has 0 unspecified atom stereocenters. The van der Waals surface area contributed by atoms with Crippen molar-refractivity contribution in [3.63, 3.8) is 0 Å². The van der Waals surface area contributed by atoms with Crippen LogP contribution in [0.3, 0.4) is 0 Å². The molecule has 1 rings (SSSR count). The molecular formula is C4H3BF3N2O2. The highest BCUT2D eigenvalue weighted by atomic mass is 19.4. The van der Waals surface area contributed by atoms with E-state index in [1.807, 2.05) is 0 Å². The Labute approximate surface area is 66.2 Å². The van der Waals surface area contributed by atoms with Crippen LogP contribution in [-0.2, 0) is 4.65 Å². The molecule has 0 aliphatic carbocycles. The monoisotopic (exact) mass is 179 g/mol. The van der Waals surface area contributed by atoms with Crippen LogP contribution in [0.1, 0.15) is 0 Å². The number of alkyl halides is 3. The third-order valence-electron chi connectivity index (χ3n) is 0.827. The van der Waals surface area contributed by atoms with Gasteiger partial charge in [0, 0.05) is 6.20 Å². The molecule has 0 N–H and O–H groups in total. The van der Waals surface area contributed by atoms with E-state index >= 15 is 0 Å². The molecule has 65 valence electrons. The number of aromatic nitrogens is 2. The largest absolute Gasteiger partial charge is 0.600 e. The normalized spacial score (nSPS) is 11.2. The SMILES string of the molecule is FC(F)(F)O[B]On1ccnc1. The number of nitrogens with zero attached hydrogens (tertiary/aromatic N) is 2. The Morgan fingerprint density at radius 1 is 1.42 bits per heavy atom. The minimum Gasteiger partial charge on any atom is -0.445 e. The van der Waals surface area contributed by atoms with Gasteiger partial charge < -0.3 is 9.41 Å². The minimum absolute atomic E-state index is 0.168. The van der Waals surface area contributed by atoms with Gasteiger partial charge in [-0.1, -0.05) is 0 Å². The maximum atomic E-state index is 11.3. The lowest BCUT2D eigenvalue weighted by atomic mass is 10.4. The Morgan fingerprint density at radius 2 is 2.17 bits per heavy atom. The minimum atomic E-state index is -4.72. The van der Waals surface area contributed by atoms with Crippen molar-refractivity contribution in [2.45, 2.75) is 6.36 Å². The molecule has 0 saturated carbocycles. The van der Waals surface area contributed by atoms with Crippen molar-refractivity contribution in [2.75, 3.05) is 0 Å². The maximum Gasteiger partial charge on any atom is 0.600 e. The summed E-state index contributed by atoms with van der Waals surface area (Å²) in [6, 6.07) is 0. The summed E-state index contributed by atoms with van der Waals surface area (Å²) in [5, 5.41) is 0. The molecule has 12 heavy (non-hydrogen) atoms. The first-order chi connectivity index (χ1) is 5.58. The zero-order chi connectivity index (χ0) is 9.03. The fraction of sp³-hybridized carbons (Fsp3) is 0.250. The van der Waals surface area contributed by atoms with Gasteiger partial charge in [0.05, 0.1) is 6.20 Å². The molecule has 0 amide bonds. The van der Waals surface area contributed by atoms with Crippen molar-refractivity contribution in [3.05, 3.63) is 18.7 Å². The average molecular weight is 179 g/mol. The second-order valence-corrected chi connectivity index (χ2v) is 1.69.